The predicted molar refractivity (Wildman–Crippen MR) is 99.3 cm³/mol. The van der Waals surface area contributed by atoms with Gasteiger partial charge in [0.1, 0.15) is 0 Å². The lowest BCUT2D eigenvalue weighted by molar-refractivity contribution is 0.0687. The largest absolute Gasteiger partial charge is 0.476 e. The third-order valence-corrected chi connectivity index (χ3v) is 5.51. The number of fused-ring (bicyclic) bond motifs is 1. The summed E-state index contributed by atoms with van der Waals surface area (Å²) < 4.78 is 3.71. The maximum atomic E-state index is 11.6. The van der Waals surface area contributed by atoms with Crippen LogP contribution in [0.25, 0.3) is 0 Å². The maximum Gasteiger partial charge on any atom is 0.356 e. The second kappa shape index (κ2) is 7.07. The van der Waals surface area contributed by atoms with Crippen molar-refractivity contribution in [3.63, 3.8) is 0 Å². The number of likely N-dealkylation sites (N-methyl/N-ethyl adjacent to an activating group) is 1. The number of hydrogen-bond acceptors (Lipinski definition) is 4. The second-order valence-corrected chi connectivity index (χ2v) is 7.13. The van der Waals surface area contributed by atoms with E-state index in [-0.39, 0.29) is 5.69 Å². The van der Waals surface area contributed by atoms with Crippen molar-refractivity contribution in [1.82, 2.24) is 24.5 Å². The van der Waals surface area contributed by atoms with E-state index in [1.165, 1.54) is 11.3 Å². The fraction of sp³-hybridized carbons (Fsp3) is 0.526. The Labute approximate surface area is 153 Å². The van der Waals surface area contributed by atoms with Gasteiger partial charge in [-0.2, -0.15) is 10.2 Å². The van der Waals surface area contributed by atoms with Crippen LogP contribution in [0.15, 0.2) is 12.7 Å². The zero-order valence-corrected chi connectivity index (χ0v) is 16.0. The quantitative estimate of drug-likeness (QED) is 0.802. The Morgan fingerprint density at radius 1 is 1.42 bits per heavy atom. The van der Waals surface area contributed by atoms with Crippen LogP contribution in [-0.2, 0) is 33.0 Å². The van der Waals surface area contributed by atoms with Gasteiger partial charge in [-0.1, -0.05) is 6.08 Å². The molecular weight excluding hydrogens is 330 g/mol. The summed E-state index contributed by atoms with van der Waals surface area (Å²) in [6, 6.07) is 0.293. The van der Waals surface area contributed by atoms with Gasteiger partial charge in [-0.25, -0.2) is 4.79 Å². The van der Waals surface area contributed by atoms with Gasteiger partial charge in [0.2, 0.25) is 0 Å². The molecule has 1 aliphatic carbocycles. The smallest absolute Gasteiger partial charge is 0.356 e. The minimum Gasteiger partial charge on any atom is -0.476 e. The van der Waals surface area contributed by atoms with Crippen LogP contribution >= 0.6 is 0 Å². The number of carboxylic acids is 1. The zero-order valence-electron chi connectivity index (χ0n) is 16.0. The number of carboxylic acid groups (broad SMARTS) is 1. The number of aromatic nitrogens is 4. The van der Waals surface area contributed by atoms with Crippen molar-refractivity contribution >= 4 is 5.97 Å². The van der Waals surface area contributed by atoms with Crippen molar-refractivity contribution in [2.75, 3.05) is 7.05 Å². The van der Waals surface area contributed by atoms with Crippen LogP contribution < -0.4 is 0 Å². The Balaban J connectivity index is 1.83. The summed E-state index contributed by atoms with van der Waals surface area (Å²) in [7, 11) is 4.07. The monoisotopic (exact) mass is 357 g/mol. The molecule has 7 nitrogen and oxygen atoms in total. The van der Waals surface area contributed by atoms with Crippen LogP contribution in [0.3, 0.4) is 0 Å². The number of carbonyl (C=O) groups is 1. The Bertz CT molecular complexity index is 849. The molecule has 3 rings (SSSR count). The Kier molecular flexibility index (Phi) is 5.00. The molecule has 140 valence electrons. The number of nitrogens with zero attached hydrogens (tertiary/aromatic N) is 5. The minimum absolute atomic E-state index is 0.189. The van der Waals surface area contributed by atoms with Crippen molar-refractivity contribution in [2.24, 2.45) is 7.05 Å². The van der Waals surface area contributed by atoms with Crippen LogP contribution in [0.1, 0.15) is 45.1 Å². The molecule has 2 aromatic rings. The van der Waals surface area contributed by atoms with E-state index in [4.69, 9.17) is 0 Å². The summed E-state index contributed by atoms with van der Waals surface area (Å²) in [5.74, 6) is -0.952. The zero-order chi connectivity index (χ0) is 19.0. The van der Waals surface area contributed by atoms with Gasteiger partial charge in [-0.05, 0) is 40.2 Å². The van der Waals surface area contributed by atoms with Crippen LogP contribution in [0.5, 0.6) is 0 Å². The first-order valence-corrected chi connectivity index (χ1v) is 8.95. The van der Waals surface area contributed by atoms with Gasteiger partial charge in [-0.15, -0.1) is 6.58 Å². The number of rotatable bonds is 6. The molecule has 0 bridgehead atoms. The van der Waals surface area contributed by atoms with Gasteiger partial charge in [0, 0.05) is 42.1 Å². The van der Waals surface area contributed by atoms with E-state index in [2.05, 4.69) is 35.6 Å². The SMILES string of the molecule is C=CCn1nc(C(=O)O)c2c1CCC(N(C)Cc1c(C)nn(C)c1C)C2. The van der Waals surface area contributed by atoms with Gasteiger partial charge >= 0.3 is 5.97 Å². The molecule has 0 amide bonds. The van der Waals surface area contributed by atoms with E-state index in [0.717, 1.165) is 36.3 Å². The Morgan fingerprint density at radius 2 is 2.15 bits per heavy atom. The lowest BCUT2D eigenvalue weighted by atomic mass is 9.90. The number of allylic oxidation sites excluding steroid dienone is 1. The molecule has 1 unspecified atom stereocenters. The van der Waals surface area contributed by atoms with Crippen LogP contribution in [0, 0.1) is 13.8 Å². The van der Waals surface area contributed by atoms with E-state index in [9.17, 15) is 9.90 Å². The molecule has 1 atom stereocenters. The van der Waals surface area contributed by atoms with Gasteiger partial charge in [-0.3, -0.25) is 14.3 Å². The summed E-state index contributed by atoms with van der Waals surface area (Å²) in [4.78, 5) is 13.9. The van der Waals surface area contributed by atoms with E-state index in [1.807, 2.05) is 18.7 Å². The van der Waals surface area contributed by atoms with Gasteiger partial charge < -0.3 is 5.11 Å². The Morgan fingerprint density at radius 3 is 2.73 bits per heavy atom. The molecule has 26 heavy (non-hydrogen) atoms. The van der Waals surface area contributed by atoms with Gasteiger partial charge in [0.05, 0.1) is 12.2 Å². The van der Waals surface area contributed by atoms with Crippen molar-refractivity contribution < 1.29 is 9.90 Å². The molecule has 0 radical (unpaired) electrons. The van der Waals surface area contributed by atoms with Crippen LogP contribution in [0.4, 0.5) is 0 Å². The van der Waals surface area contributed by atoms with E-state index in [0.29, 0.717) is 19.0 Å². The predicted octanol–water partition coefficient (Wildman–Crippen LogP) is 2.11. The molecule has 0 spiro atoms. The normalized spacial score (nSPS) is 16.7. The van der Waals surface area contributed by atoms with E-state index < -0.39 is 5.97 Å². The van der Waals surface area contributed by atoms with Crippen molar-refractivity contribution in [3.05, 3.63) is 46.6 Å². The van der Waals surface area contributed by atoms with E-state index in [1.54, 1.807) is 10.8 Å². The highest BCUT2D eigenvalue weighted by atomic mass is 16.4. The Hall–Kier alpha value is -2.41. The summed E-state index contributed by atoms with van der Waals surface area (Å²) >= 11 is 0. The summed E-state index contributed by atoms with van der Waals surface area (Å²) in [5.41, 5.74) is 5.59. The third-order valence-electron chi connectivity index (χ3n) is 5.51. The lowest BCUT2D eigenvalue weighted by Crippen LogP contribution is -2.36. The first-order valence-electron chi connectivity index (χ1n) is 8.95. The average molecular weight is 357 g/mol. The lowest BCUT2D eigenvalue weighted by Gasteiger charge is -2.31. The molecule has 0 aliphatic heterocycles. The standard InChI is InChI=1S/C19H27N5O2/c1-6-9-24-17-8-7-14(10-15(17)18(21-24)19(25)26)22(4)11-16-12(2)20-23(5)13(16)3/h6,14H,1,7-11H2,2-5H3,(H,25,26). The summed E-state index contributed by atoms with van der Waals surface area (Å²) in [5, 5.41) is 18.3. The number of hydrogen-bond donors (Lipinski definition) is 1. The topological polar surface area (TPSA) is 76.2 Å². The number of aryl methyl sites for hydroxylation is 2. The second-order valence-electron chi connectivity index (χ2n) is 7.13. The van der Waals surface area contributed by atoms with Crippen molar-refractivity contribution in [2.45, 2.75) is 52.2 Å². The minimum atomic E-state index is -0.952. The highest BCUT2D eigenvalue weighted by Gasteiger charge is 2.31. The average Bonchev–Trinajstić information content (AvgIpc) is 3.07. The molecule has 2 aromatic heterocycles. The number of aromatic carboxylic acids is 1. The van der Waals surface area contributed by atoms with Crippen LogP contribution in [-0.4, -0.2) is 48.6 Å². The van der Waals surface area contributed by atoms with Gasteiger partial charge in [0.15, 0.2) is 5.69 Å². The van der Waals surface area contributed by atoms with Gasteiger partial charge in [0.25, 0.3) is 0 Å². The molecule has 7 heteroatoms. The third kappa shape index (κ3) is 3.19. The maximum absolute atomic E-state index is 11.6. The molecule has 1 N–H and O–H groups in total. The van der Waals surface area contributed by atoms with Crippen LogP contribution in [0.2, 0.25) is 0 Å². The fourth-order valence-electron chi connectivity index (χ4n) is 3.92. The van der Waals surface area contributed by atoms with Crippen molar-refractivity contribution in [1.29, 1.82) is 0 Å². The highest BCUT2D eigenvalue weighted by Crippen LogP contribution is 2.28. The first kappa shape index (κ1) is 18.4. The summed E-state index contributed by atoms with van der Waals surface area (Å²) in [6.07, 6.45) is 4.29. The molecule has 0 fully saturated rings. The van der Waals surface area contributed by atoms with E-state index >= 15 is 0 Å². The molecule has 0 saturated heterocycles. The van der Waals surface area contributed by atoms with Crippen molar-refractivity contribution in [3.8, 4) is 0 Å². The molecule has 2 heterocycles. The first-order chi connectivity index (χ1) is 12.3. The molecule has 1 aliphatic rings. The highest BCUT2D eigenvalue weighted by molar-refractivity contribution is 5.87. The summed E-state index contributed by atoms with van der Waals surface area (Å²) in [6.45, 7) is 9.23. The molecule has 0 aromatic carbocycles. The fourth-order valence-corrected chi connectivity index (χ4v) is 3.92. The molecular formula is C19H27N5O2. The molecule has 0 saturated carbocycles.